The van der Waals surface area contributed by atoms with Crippen molar-refractivity contribution in [3.8, 4) is 0 Å². The molecular weight excluding hydrogens is 306 g/mol. The van der Waals surface area contributed by atoms with Crippen LogP contribution >= 0.6 is 23.4 Å². The van der Waals surface area contributed by atoms with Gasteiger partial charge < -0.3 is 10.1 Å². The maximum atomic E-state index is 6.17. The summed E-state index contributed by atoms with van der Waals surface area (Å²) in [5.74, 6) is 2.25. The van der Waals surface area contributed by atoms with Crippen LogP contribution in [-0.4, -0.2) is 23.6 Å². The molecule has 0 spiro atoms. The SMILES string of the molecule is CCOCc1nc(NC)cc(SCc2ccccc2Cl)n1. The Bertz CT molecular complexity index is 595. The Balaban J connectivity index is 2.09. The minimum atomic E-state index is 0.422. The highest BCUT2D eigenvalue weighted by Gasteiger charge is 2.06. The minimum absolute atomic E-state index is 0.422. The monoisotopic (exact) mass is 323 g/mol. The Morgan fingerprint density at radius 1 is 1.29 bits per heavy atom. The third-order valence-electron chi connectivity index (χ3n) is 2.77. The number of anilines is 1. The van der Waals surface area contributed by atoms with Crippen molar-refractivity contribution in [1.82, 2.24) is 9.97 Å². The lowest BCUT2D eigenvalue weighted by molar-refractivity contribution is 0.128. The second-order valence-corrected chi connectivity index (χ2v) is 5.68. The number of nitrogens with zero attached hydrogens (tertiary/aromatic N) is 2. The zero-order valence-corrected chi connectivity index (χ0v) is 13.7. The van der Waals surface area contributed by atoms with Crippen molar-refractivity contribution in [2.24, 2.45) is 0 Å². The first-order chi connectivity index (χ1) is 10.2. The van der Waals surface area contributed by atoms with E-state index >= 15 is 0 Å². The lowest BCUT2D eigenvalue weighted by atomic mass is 10.2. The molecule has 0 saturated heterocycles. The van der Waals surface area contributed by atoms with Gasteiger partial charge in [-0.25, -0.2) is 9.97 Å². The summed E-state index contributed by atoms with van der Waals surface area (Å²) in [6.45, 7) is 3.02. The summed E-state index contributed by atoms with van der Waals surface area (Å²) in [6.07, 6.45) is 0. The van der Waals surface area contributed by atoms with E-state index in [-0.39, 0.29) is 0 Å². The van der Waals surface area contributed by atoms with Gasteiger partial charge in [0.05, 0.1) is 0 Å². The third kappa shape index (κ3) is 4.88. The largest absolute Gasteiger partial charge is 0.374 e. The van der Waals surface area contributed by atoms with Crippen molar-refractivity contribution in [3.63, 3.8) is 0 Å². The van der Waals surface area contributed by atoms with Crippen molar-refractivity contribution in [3.05, 3.63) is 46.7 Å². The van der Waals surface area contributed by atoms with Crippen LogP contribution in [0.5, 0.6) is 0 Å². The minimum Gasteiger partial charge on any atom is -0.374 e. The number of ether oxygens (including phenoxy) is 1. The van der Waals surface area contributed by atoms with E-state index in [0.29, 0.717) is 19.0 Å². The van der Waals surface area contributed by atoms with E-state index in [4.69, 9.17) is 16.3 Å². The molecule has 6 heteroatoms. The summed E-state index contributed by atoms with van der Waals surface area (Å²) in [6, 6.07) is 9.77. The van der Waals surface area contributed by atoms with Gasteiger partial charge in [-0.1, -0.05) is 29.8 Å². The first kappa shape index (κ1) is 16.1. The number of hydrogen-bond donors (Lipinski definition) is 1. The molecule has 112 valence electrons. The molecule has 0 saturated carbocycles. The molecule has 21 heavy (non-hydrogen) atoms. The molecule has 2 aromatic rings. The Hall–Kier alpha value is -1.30. The zero-order valence-electron chi connectivity index (χ0n) is 12.1. The Kier molecular flexibility index (Phi) is 6.29. The van der Waals surface area contributed by atoms with Crippen LogP contribution in [0.1, 0.15) is 18.3 Å². The number of rotatable bonds is 7. The summed E-state index contributed by atoms with van der Waals surface area (Å²) in [5.41, 5.74) is 1.10. The molecule has 0 atom stereocenters. The van der Waals surface area contributed by atoms with Crippen LogP contribution in [0.25, 0.3) is 0 Å². The maximum absolute atomic E-state index is 6.17. The average molecular weight is 324 g/mol. The molecule has 0 aliphatic heterocycles. The van der Waals surface area contributed by atoms with Crippen LogP contribution in [0.3, 0.4) is 0 Å². The normalized spacial score (nSPS) is 10.6. The van der Waals surface area contributed by atoms with Crippen molar-refractivity contribution in [2.45, 2.75) is 24.3 Å². The Labute approximate surface area is 134 Å². The second kappa shape index (κ2) is 8.22. The molecule has 4 nitrogen and oxygen atoms in total. The molecule has 0 aliphatic rings. The van der Waals surface area contributed by atoms with E-state index in [0.717, 1.165) is 27.2 Å². The summed E-state index contributed by atoms with van der Waals surface area (Å²) in [7, 11) is 1.84. The fourth-order valence-electron chi connectivity index (χ4n) is 1.70. The van der Waals surface area contributed by atoms with Gasteiger partial charge in [-0.3, -0.25) is 0 Å². The lowest BCUT2D eigenvalue weighted by Crippen LogP contribution is -2.03. The van der Waals surface area contributed by atoms with Crippen LogP contribution in [0, 0.1) is 0 Å². The van der Waals surface area contributed by atoms with Gasteiger partial charge in [0.1, 0.15) is 17.5 Å². The van der Waals surface area contributed by atoms with E-state index < -0.39 is 0 Å². The van der Waals surface area contributed by atoms with Gasteiger partial charge in [-0.2, -0.15) is 0 Å². The van der Waals surface area contributed by atoms with Crippen LogP contribution < -0.4 is 5.32 Å². The fraction of sp³-hybridized carbons (Fsp3) is 0.333. The smallest absolute Gasteiger partial charge is 0.157 e. The molecule has 0 amide bonds. The van der Waals surface area contributed by atoms with Crippen LogP contribution in [0.2, 0.25) is 5.02 Å². The number of halogens is 1. The maximum Gasteiger partial charge on any atom is 0.157 e. The predicted octanol–water partition coefficient (Wildman–Crippen LogP) is 4.00. The average Bonchev–Trinajstić information content (AvgIpc) is 2.52. The molecule has 0 aliphatic carbocycles. The van der Waals surface area contributed by atoms with Crippen LogP contribution in [0.15, 0.2) is 35.4 Å². The van der Waals surface area contributed by atoms with Crippen molar-refractivity contribution in [2.75, 3.05) is 19.0 Å². The van der Waals surface area contributed by atoms with Gasteiger partial charge in [-0.05, 0) is 18.6 Å². The van der Waals surface area contributed by atoms with Gasteiger partial charge in [-0.15, -0.1) is 11.8 Å². The highest BCUT2D eigenvalue weighted by atomic mass is 35.5. The van der Waals surface area contributed by atoms with Crippen LogP contribution in [-0.2, 0) is 17.1 Å². The summed E-state index contributed by atoms with van der Waals surface area (Å²) in [5, 5.41) is 4.73. The number of benzene rings is 1. The molecule has 0 bridgehead atoms. The van der Waals surface area contributed by atoms with E-state index in [1.807, 2.05) is 44.3 Å². The molecule has 2 rings (SSSR count). The third-order valence-corrected chi connectivity index (χ3v) is 4.10. The molecule has 1 heterocycles. The van der Waals surface area contributed by atoms with Gasteiger partial charge in [0, 0.05) is 30.5 Å². The molecule has 0 radical (unpaired) electrons. The van der Waals surface area contributed by atoms with E-state index in [1.165, 1.54) is 0 Å². The summed E-state index contributed by atoms with van der Waals surface area (Å²) in [4.78, 5) is 8.88. The molecule has 0 fully saturated rings. The predicted molar refractivity (Wildman–Crippen MR) is 87.9 cm³/mol. The fourth-order valence-corrected chi connectivity index (χ4v) is 2.90. The Morgan fingerprint density at radius 3 is 2.81 bits per heavy atom. The number of nitrogens with one attached hydrogen (secondary N) is 1. The summed E-state index contributed by atoms with van der Waals surface area (Å²) >= 11 is 7.80. The number of thioether (sulfide) groups is 1. The summed E-state index contributed by atoms with van der Waals surface area (Å²) < 4.78 is 5.37. The van der Waals surface area contributed by atoms with E-state index in [2.05, 4.69) is 15.3 Å². The first-order valence-electron chi connectivity index (χ1n) is 6.72. The van der Waals surface area contributed by atoms with Crippen LogP contribution in [0.4, 0.5) is 5.82 Å². The van der Waals surface area contributed by atoms with Gasteiger partial charge in [0.2, 0.25) is 0 Å². The molecule has 0 unspecified atom stereocenters. The molecule has 1 aromatic heterocycles. The van der Waals surface area contributed by atoms with Crippen molar-refractivity contribution in [1.29, 1.82) is 0 Å². The molecular formula is C15H18ClN3OS. The van der Waals surface area contributed by atoms with Gasteiger partial charge in [0.15, 0.2) is 5.82 Å². The van der Waals surface area contributed by atoms with E-state index in [1.54, 1.807) is 11.8 Å². The highest BCUT2D eigenvalue weighted by Crippen LogP contribution is 2.26. The quantitative estimate of drug-likeness (QED) is 0.616. The molecule has 1 N–H and O–H groups in total. The van der Waals surface area contributed by atoms with E-state index in [9.17, 15) is 0 Å². The number of hydrogen-bond acceptors (Lipinski definition) is 5. The first-order valence-corrected chi connectivity index (χ1v) is 8.09. The van der Waals surface area contributed by atoms with Crippen molar-refractivity contribution < 1.29 is 4.74 Å². The Morgan fingerprint density at radius 2 is 2.10 bits per heavy atom. The van der Waals surface area contributed by atoms with Crippen molar-refractivity contribution >= 4 is 29.2 Å². The highest BCUT2D eigenvalue weighted by molar-refractivity contribution is 7.98. The lowest BCUT2D eigenvalue weighted by Gasteiger charge is -2.08. The van der Waals surface area contributed by atoms with Gasteiger partial charge in [0.25, 0.3) is 0 Å². The van der Waals surface area contributed by atoms with Gasteiger partial charge >= 0.3 is 0 Å². The molecule has 1 aromatic carbocycles. The second-order valence-electron chi connectivity index (χ2n) is 4.27. The zero-order chi connectivity index (χ0) is 15.1. The topological polar surface area (TPSA) is 47.0 Å². The number of aromatic nitrogens is 2. The standard InChI is InChI=1S/C15H18ClN3OS/c1-3-20-9-14-18-13(17-2)8-15(19-14)21-10-11-6-4-5-7-12(11)16/h4-8H,3,9-10H2,1-2H3,(H,17,18,19).